The molecule has 5 aliphatic rings. The maximum Gasteiger partial charge on any atom is 0.251 e. The first-order valence-corrected chi connectivity index (χ1v) is 13.7. The first-order chi connectivity index (χ1) is 17.0. The molecule has 8 heteroatoms. The predicted octanol–water partition coefficient (Wildman–Crippen LogP) is 3.42. The molecule has 3 heterocycles. The van der Waals surface area contributed by atoms with Gasteiger partial charge in [-0.3, -0.25) is 9.78 Å². The lowest BCUT2D eigenvalue weighted by molar-refractivity contribution is -0.277. The van der Waals surface area contributed by atoms with Crippen molar-refractivity contribution in [3.63, 3.8) is 0 Å². The summed E-state index contributed by atoms with van der Waals surface area (Å²) >= 11 is 7.54. The number of carbonyl (C=O) groups is 1. The van der Waals surface area contributed by atoms with Crippen LogP contribution >= 0.6 is 11.6 Å². The van der Waals surface area contributed by atoms with Crippen LogP contribution in [0.4, 0.5) is 5.69 Å². The van der Waals surface area contributed by atoms with Crippen LogP contribution in [0.5, 0.6) is 0 Å². The van der Waals surface area contributed by atoms with Crippen molar-refractivity contribution in [3.05, 3.63) is 35.7 Å². The molecule has 6 rings (SSSR count). The number of aliphatic hydroxyl groups excluding tert-OH is 2. The molecule has 36 heavy (non-hydrogen) atoms. The van der Waals surface area contributed by atoms with Gasteiger partial charge in [-0.1, -0.05) is 13.0 Å². The van der Waals surface area contributed by atoms with E-state index in [1.54, 1.807) is 6.20 Å². The molecule has 0 radical (unpaired) electrons. The number of ether oxygens (including phenoxy) is 1. The number of hydrogen-bond acceptors (Lipinski definition) is 6. The third kappa shape index (κ3) is 3.13. The molecule has 4 fully saturated rings. The van der Waals surface area contributed by atoms with Gasteiger partial charge in [0.25, 0.3) is 5.91 Å². The second kappa shape index (κ2) is 8.00. The fourth-order valence-electron chi connectivity index (χ4n) is 8.72. The largest absolute Gasteiger partial charge is 0.390 e. The number of likely N-dealkylation sites (N-methyl/N-ethyl adjacent to an activating group) is 1. The van der Waals surface area contributed by atoms with Gasteiger partial charge >= 0.3 is 0 Å². The lowest BCUT2D eigenvalue weighted by Crippen LogP contribution is -2.72. The van der Waals surface area contributed by atoms with Crippen molar-refractivity contribution in [2.75, 3.05) is 19.4 Å². The first kappa shape index (κ1) is 24.8. The van der Waals surface area contributed by atoms with E-state index in [-0.39, 0.29) is 29.2 Å². The number of carbonyl (C=O) groups excluding carboxylic acids is 1. The van der Waals surface area contributed by atoms with Crippen molar-refractivity contribution in [2.24, 2.45) is 17.3 Å². The third-order valence-electron chi connectivity index (χ3n) is 10.7. The van der Waals surface area contributed by atoms with Crippen LogP contribution in [0.25, 0.3) is 0 Å². The van der Waals surface area contributed by atoms with Gasteiger partial charge in [0, 0.05) is 35.1 Å². The number of aliphatic hydroxyl groups is 2. The molecule has 1 aromatic heterocycles. The van der Waals surface area contributed by atoms with Crippen molar-refractivity contribution >= 4 is 23.2 Å². The average Bonchev–Trinajstić information content (AvgIpc) is 3.36. The molecule has 2 bridgehead atoms. The fourth-order valence-corrected chi connectivity index (χ4v) is 9.24. The Hall–Kier alpha value is -1.51. The number of rotatable bonds is 3. The van der Waals surface area contributed by atoms with Crippen LogP contribution in [-0.4, -0.2) is 74.4 Å². The standard InChI is InChI=1S/C28H38ClN3O4/c1-16-19(6-5-13-30-16)31-24(35)17-7-8-21-25(17,2)9-11-27(29)14-18-22(33)23(34)20(32(3)4)15-26(18)10-12-28(21,27)36-26/h5-7,13,18,20-23,33-34H,8-12,14-15H2,1-4H3,(H,31,35). The monoisotopic (exact) mass is 515 g/mol. The number of halogens is 1. The zero-order valence-corrected chi connectivity index (χ0v) is 22.4. The van der Waals surface area contributed by atoms with Crippen LogP contribution in [0.1, 0.15) is 57.6 Å². The van der Waals surface area contributed by atoms with Gasteiger partial charge in [0.15, 0.2) is 0 Å². The van der Waals surface area contributed by atoms with Crippen molar-refractivity contribution < 1.29 is 19.7 Å². The highest BCUT2D eigenvalue weighted by Gasteiger charge is 2.76. The number of aryl methyl sites for hydroxylation is 1. The molecule has 7 nitrogen and oxygen atoms in total. The lowest BCUT2D eigenvalue weighted by atomic mass is 9.53. The van der Waals surface area contributed by atoms with Crippen LogP contribution in [0.15, 0.2) is 30.0 Å². The lowest BCUT2D eigenvalue weighted by Gasteiger charge is -2.64. The molecular weight excluding hydrogens is 478 g/mol. The highest BCUT2D eigenvalue weighted by molar-refractivity contribution is 6.25. The minimum absolute atomic E-state index is 0.0696. The summed E-state index contributed by atoms with van der Waals surface area (Å²) < 4.78 is 7.22. The molecule has 1 aromatic rings. The molecule has 0 aromatic carbocycles. The summed E-state index contributed by atoms with van der Waals surface area (Å²) in [4.78, 5) is 19.2. The van der Waals surface area contributed by atoms with Gasteiger partial charge in [-0.25, -0.2) is 0 Å². The zero-order valence-electron chi connectivity index (χ0n) is 21.6. The molecule has 3 aliphatic carbocycles. The molecule has 2 spiro atoms. The van der Waals surface area contributed by atoms with E-state index < -0.39 is 28.3 Å². The summed E-state index contributed by atoms with van der Waals surface area (Å²) in [7, 11) is 3.90. The van der Waals surface area contributed by atoms with Crippen LogP contribution in [0, 0.1) is 24.2 Å². The molecule has 3 N–H and O–H groups in total. The summed E-state index contributed by atoms with van der Waals surface area (Å²) in [5, 5.41) is 25.3. The smallest absolute Gasteiger partial charge is 0.251 e. The van der Waals surface area contributed by atoms with E-state index in [2.05, 4.69) is 23.3 Å². The second-order valence-electron chi connectivity index (χ2n) is 12.5. The van der Waals surface area contributed by atoms with Crippen molar-refractivity contribution in [1.82, 2.24) is 9.88 Å². The summed E-state index contributed by atoms with van der Waals surface area (Å²) in [6.07, 6.45) is 7.36. The van der Waals surface area contributed by atoms with Gasteiger partial charge in [-0.05, 0) is 78.1 Å². The van der Waals surface area contributed by atoms with Gasteiger partial charge in [0.2, 0.25) is 0 Å². The highest BCUT2D eigenvalue weighted by atomic mass is 35.5. The Kier molecular flexibility index (Phi) is 5.51. The van der Waals surface area contributed by atoms with Crippen molar-refractivity contribution in [3.8, 4) is 0 Å². The molecule has 9 unspecified atom stereocenters. The highest BCUT2D eigenvalue weighted by Crippen LogP contribution is 2.72. The minimum atomic E-state index is -0.864. The van der Waals surface area contributed by atoms with Gasteiger partial charge in [0.1, 0.15) is 0 Å². The normalized spacial score (nSPS) is 47.1. The van der Waals surface area contributed by atoms with E-state index >= 15 is 0 Å². The maximum atomic E-state index is 13.5. The number of allylic oxidation sites excluding steroid dienone is 1. The number of fused-ring (bicyclic) bond motifs is 1. The molecular formula is C28H38ClN3O4. The number of alkyl halides is 1. The molecule has 2 saturated carbocycles. The number of pyridine rings is 1. The Morgan fingerprint density at radius 2 is 1.97 bits per heavy atom. The van der Waals surface area contributed by atoms with E-state index in [0.717, 1.165) is 42.6 Å². The van der Waals surface area contributed by atoms with Crippen LogP contribution < -0.4 is 5.32 Å². The molecule has 2 aliphatic heterocycles. The van der Waals surface area contributed by atoms with Gasteiger partial charge < -0.3 is 25.2 Å². The number of amides is 1. The molecule has 2 saturated heterocycles. The Labute approximate surface area is 218 Å². The Bertz CT molecular complexity index is 1130. The summed E-state index contributed by atoms with van der Waals surface area (Å²) in [5.41, 5.74) is 0.950. The summed E-state index contributed by atoms with van der Waals surface area (Å²) in [6.45, 7) is 4.10. The van der Waals surface area contributed by atoms with E-state index in [4.69, 9.17) is 16.3 Å². The number of hydrogen-bond donors (Lipinski definition) is 3. The summed E-state index contributed by atoms with van der Waals surface area (Å²) in [6, 6.07) is 3.54. The zero-order chi connectivity index (χ0) is 25.7. The predicted molar refractivity (Wildman–Crippen MR) is 138 cm³/mol. The Morgan fingerprint density at radius 1 is 1.19 bits per heavy atom. The maximum absolute atomic E-state index is 13.5. The van der Waals surface area contributed by atoms with Crippen molar-refractivity contribution in [2.45, 2.75) is 93.1 Å². The van der Waals surface area contributed by atoms with Crippen LogP contribution in [-0.2, 0) is 9.53 Å². The number of aromatic nitrogens is 1. The van der Waals surface area contributed by atoms with Gasteiger partial charge in [-0.15, -0.1) is 11.6 Å². The van der Waals surface area contributed by atoms with E-state index in [9.17, 15) is 15.0 Å². The first-order valence-electron chi connectivity index (χ1n) is 13.3. The topological polar surface area (TPSA) is 94.9 Å². The quantitative estimate of drug-likeness (QED) is 0.534. The fraction of sp³-hybridized carbons (Fsp3) is 0.714. The number of nitrogens with zero attached hydrogens (tertiary/aromatic N) is 2. The van der Waals surface area contributed by atoms with Gasteiger partial charge in [0.05, 0.1) is 39.7 Å². The van der Waals surface area contributed by atoms with E-state index in [1.807, 2.05) is 38.1 Å². The minimum Gasteiger partial charge on any atom is -0.390 e. The van der Waals surface area contributed by atoms with Crippen molar-refractivity contribution in [1.29, 1.82) is 0 Å². The van der Waals surface area contributed by atoms with Gasteiger partial charge in [-0.2, -0.15) is 0 Å². The second-order valence-corrected chi connectivity index (χ2v) is 13.2. The van der Waals surface area contributed by atoms with E-state index in [0.29, 0.717) is 19.3 Å². The number of nitrogens with one attached hydrogen (secondary N) is 1. The molecule has 1 amide bonds. The Balaban J connectivity index is 1.32. The van der Waals surface area contributed by atoms with Crippen LogP contribution in [0.3, 0.4) is 0 Å². The number of anilines is 1. The van der Waals surface area contributed by atoms with Crippen LogP contribution in [0.2, 0.25) is 0 Å². The van der Waals surface area contributed by atoms with E-state index in [1.165, 1.54) is 0 Å². The molecule has 9 atom stereocenters. The third-order valence-corrected chi connectivity index (χ3v) is 11.4. The Morgan fingerprint density at radius 3 is 2.69 bits per heavy atom. The average molecular weight is 516 g/mol. The summed E-state index contributed by atoms with van der Waals surface area (Å²) in [5.74, 6) is -0.166. The SMILES string of the molecule is Cc1ncccc1NC(=O)C1=CCC2C1(C)CCC1(Cl)CC3C(O)C(O)C(N(C)C)CC34CCC21O4. The molecule has 196 valence electrons.